The highest BCUT2D eigenvalue weighted by molar-refractivity contribution is 7.99. The average Bonchev–Trinajstić information content (AvgIpc) is 3.17. The van der Waals surface area contributed by atoms with Gasteiger partial charge in [0.05, 0.1) is 13.2 Å². The van der Waals surface area contributed by atoms with Crippen LogP contribution in [0, 0.1) is 0 Å². The standard InChI is InChI=1S/C11H16N8OS/c1-12-8-13-9(20-2)15-10(14-8)21-11-16-17-18-19(11)7-5-3-4-6-7/h7H,3-6H2,1-2H3,(H,12,13,14,15). The number of hydrogen-bond acceptors (Lipinski definition) is 9. The summed E-state index contributed by atoms with van der Waals surface area (Å²) in [7, 11) is 3.26. The molecule has 0 unspecified atom stereocenters. The molecule has 0 spiro atoms. The Bertz CT molecular complexity index is 590. The van der Waals surface area contributed by atoms with E-state index in [4.69, 9.17) is 4.74 Å². The van der Waals surface area contributed by atoms with Crippen LogP contribution in [0.4, 0.5) is 5.95 Å². The molecule has 1 N–H and O–H groups in total. The maximum atomic E-state index is 5.07. The Hall–Kier alpha value is -1.97. The van der Waals surface area contributed by atoms with Crippen LogP contribution in [0.1, 0.15) is 31.7 Å². The van der Waals surface area contributed by atoms with Gasteiger partial charge in [0.15, 0.2) is 0 Å². The third kappa shape index (κ3) is 3.04. The number of methoxy groups -OCH3 is 1. The van der Waals surface area contributed by atoms with Crippen LogP contribution in [0.2, 0.25) is 0 Å². The SMILES string of the molecule is CNc1nc(OC)nc(Sc2nnnn2C2CCCC2)n1. The highest BCUT2D eigenvalue weighted by atomic mass is 32.2. The number of tetrazole rings is 1. The Morgan fingerprint density at radius 1 is 1.24 bits per heavy atom. The first-order chi connectivity index (χ1) is 10.3. The van der Waals surface area contributed by atoms with E-state index in [1.807, 2.05) is 4.68 Å². The molecular weight excluding hydrogens is 292 g/mol. The van der Waals surface area contributed by atoms with Crippen molar-refractivity contribution in [1.29, 1.82) is 0 Å². The molecule has 0 saturated heterocycles. The summed E-state index contributed by atoms with van der Waals surface area (Å²) in [5.74, 6) is 0.448. The topological polar surface area (TPSA) is 104 Å². The Morgan fingerprint density at radius 3 is 2.76 bits per heavy atom. The van der Waals surface area contributed by atoms with Gasteiger partial charge in [0.2, 0.25) is 16.3 Å². The minimum atomic E-state index is 0.261. The first-order valence-electron chi connectivity index (χ1n) is 6.73. The molecule has 0 atom stereocenters. The lowest BCUT2D eigenvalue weighted by Gasteiger charge is -2.10. The quantitative estimate of drug-likeness (QED) is 0.871. The zero-order valence-electron chi connectivity index (χ0n) is 11.9. The van der Waals surface area contributed by atoms with Gasteiger partial charge < -0.3 is 10.1 Å². The summed E-state index contributed by atoms with van der Waals surface area (Å²) in [6.45, 7) is 0. The second kappa shape index (κ2) is 6.20. The number of nitrogens with one attached hydrogen (secondary N) is 1. The predicted octanol–water partition coefficient (Wildman–Crippen LogP) is 1.17. The van der Waals surface area contributed by atoms with Gasteiger partial charge >= 0.3 is 6.01 Å². The minimum absolute atomic E-state index is 0.261. The second-order valence-electron chi connectivity index (χ2n) is 4.62. The van der Waals surface area contributed by atoms with Crippen molar-refractivity contribution in [3.63, 3.8) is 0 Å². The molecule has 0 aromatic carbocycles. The highest BCUT2D eigenvalue weighted by Crippen LogP contribution is 2.33. The fourth-order valence-electron chi connectivity index (χ4n) is 2.30. The molecule has 0 amide bonds. The van der Waals surface area contributed by atoms with Crippen LogP contribution in [0.3, 0.4) is 0 Å². The van der Waals surface area contributed by atoms with Crippen LogP contribution in [-0.2, 0) is 0 Å². The first-order valence-corrected chi connectivity index (χ1v) is 7.55. The summed E-state index contributed by atoms with van der Waals surface area (Å²) >= 11 is 1.31. The Morgan fingerprint density at radius 2 is 2.05 bits per heavy atom. The molecule has 1 aliphatic carbocycles. The fraction of sp³-hybridized carbons (Fsp3) is 0.636. The summed E-state index contributed by atoms with van der Waals surface area (Å²) in [5.41, 5.74) is 0. The number of ether oxygens (including phenoxy) is 1. The monoisotopic (exact) mass is 308 g/mol. The van der Waals surface area contributed by atoms with E-state index in [-0.39, 0.29) is 6.01 Å². The molecule has 1 saturated carbocycles. The van der Waals surface area contributed by atoms with Gasteiger partial charge in [-0.1, -0.05) is 12.8 Å². The molecular formula is C11H16N8OS. The van der Waals surface area contributed by atoms with Gasteiger partial charge in [-0.3, -0.25) is 0 Å². The van der Waals surface area contributed by atoms with Crippen LogP contribution in [0.25, 0.3) is 0 Å². The van der Waals surface area contributed by atoms with Gasteiger partial charge in [-0.15, -0.1) is 5.10 Å². The summed E-state index contributed by atoms with van der Waals surface area (Å²) in [4.78, 5) is 12.6. The lowest BCUT2D eigenvalue weighted by Crippen LogP contribution is -2.09. The fourth-order valence-corrected chi connectivity index (χ4v) is 3.07. The molecule has 21 heavy (non-hydrogen) atoms. The summed E-state index contributed by atoms with van der Waals surface area (Å²) in [5, 5.41) is 16.0. The molecule has 0 bridgehead atoms. The minimum Gasteiger partial charge on any atom is -0.467 e. The second-order valence-corrected chi connectivity index (χ2v) is 5.56. The Balaban J connectivity index is 1.85. The summed E-state index contributed by atoms with van der Waals surface area (Å²) in [6.07, 6.45) is 4.66. The average molecular weight is 308 g/mol. The van der Waals surface area contributed by atoms with Crippen molar-refractivity contribution in [3.8, 4) is 6.01 Å². The Labute approximate surface area is 125 Å². The third-order valence-electron chi connectivity index (χ3n) is 3.32. The number of aromatic nitrogens is 7. The largest absolute Gasteiger partial charge is 0.467 e. The molecule has 10 heteroatoms. The van der Waals surface area contributed by atoms with E-state index in [2.05, 4.69) is 35.8 Å². The molecule has 112 valence electrons. The van der Waals surface area contributed by atoms with E-state index < -0.39 is 0 Å². The summed E-state index contributed by atoms with van der Waals surface area (Å²) < 4.78 is 6.94. The molecule has 1 fully saturated rings. The van der Waals surface area contributed by atoms with E-state index in [0.717, 1.165) is 12.8 Å². The van der Waals surface area contributed by atoms with Crippen LogP contribution in [0.15, 0.2) is 10.3 Å². The summed E-state index contributed by atoms with van der Waals surface area (Å²) in [6, 6.07) is 0.631. The van der Waals surface area contributed by atoms with Crippen molar-refractivity contribution in [2.45, 2.75) is 42.0 Å². The van der Waals surface area contributed by atoms with Crippen molar-refractivity contribution in [3.05, 3.63) is 0 Å². The van der Waals surface area contributed by atoms with Gasteiger partial charge in [-0.05, 0) is 35.0 Å². The smallest absolute Gasteiger partial charge is 0.321 e. The van der Waals surface area contributed by atoms with E-state index >= 15 is 0 Å². The van der Waals surface area contributed by atoms with Gasteiger partial charge in [0.25, 0.3) is 0 Å². The molecule has 2 heterocycles. The van der Waals surface area contributed by atoms with E-state index in [9.17, 15) is 0 Å². The number of rotatable bonds is 5. The molecule has 3 rings (SSSR count). The van der Waals surface area contributed by atoms with Crippen molar-refractivity contribution in [2.24, 2.45) is 0 Å². The van der Waals surface area contributed by atoms with E-state index in [1.165, 1.54) is 31.7 Å². The van der Waals surface area contributed by atoms with Gasteiger partial charge in [-0.2, -0.15) is 15.0 Å². The van der Waals surface area contributed by atoms with Gasteiger partial charge in [-0.25, -0.2) is 4.68 Å². The molecule has 9 nitrogen and oxygen atoms in total. The van der Waals surface area contributed by atoms with Crippen molar-refractivity contribution >= 4 is 17.7 Å². The predicted molar refractivity (Wildman–Crippen MR) is 75.4 cm³/mol. The molecule has 0 aliphatic heterocycles. The maximum Gasteiger partial charge on any atom is 0.321 e. The van der Waals surface area contributed by atoms with Crippen molar-refractivity contribution in [1.82, 2.24) is 35.2 Å². The molecule has 1 aliphatic rings. The number of anilines is 1. The maximum absolute atomic E-state index is 5.07. The molecule has 0 radical (unpaired) electrons. The first kappa shape index (κ1) is 14.0. The van der Waals surface area contributed by atoms with E-state index in [0.29, 0.717) is 22.3 Å². The number of hydrogen-bond donors (Lipinski definition) is 1. The van der Waals surface area contributed by atoms with E-state index in [1.54, 1.807) is 7.05 Å². The number of nitrogens with zero attached hydrogens (tertiary/aromatic N) is 7. The van der Waals surface area contributed by atoms with Crippen LogP contribution in [-0.4, -0.2) is 49.3 Å². The van der Waals surface area contributed by atoms with Crippen LogP contribution < -0.4 is 10.1 Å². The highest BCUT2D eigenvalue weighted by Gasteiger charge is 2.22. The van der Waals surface area contributed by atoms with Crippen LogP contribution in [0.5, 0.6) is 6.01 Å². The zero-order chi connectivity index (χ0) is 14.7. The van der Waals surface area contributed by atoms with Crippen molar-refractivity contribution in [2.75, 3.05) is 19.5 Å². The normalized spacial score (nSPS) is 15.3. The molecule has 2 aromatic rings. The van der Waals surface area contributed by atoms with Gasteiger partial charge in [0.1, 0.15) is 0 Å². The molecule has 2 aromatic heterocycles. The third-order valence-corrected chi connectivity index (χ3v) is 4.13. The van der Waals surface area contributed by atoms with Crippen LogP contribution >= 0.6 is 11.8 Å². The van der Waals surface area contributed by atoms with Gasteiger partial charge in [0, 0.05) is 7.05 Å². The van der Waals surface area contributed by atoms with Crippen molar-refractivity contribution < 1.29 is 4.74 Å². The zero-order valence-corrected chi connectivity index (χ0v) is 12.7. The lowest BCUT2D eigenvalue weighted by molar-refractivity contribution is 0.373. The lowest BCUT2D eigenvalue weighted by atomic mass is 10.3. The Kier molecular flexibility index (Phi) is 4.13.